The Bertz CT molecular complexity index is 648. The van der Waals surface area contributed by atoms with Gasteiger partial charge < -0.3 is 0 Å². The molecule has 0 aromatic heterocycles. The summed E-state index contributed by atoms with van der Waals surface area (Å²) in [6, 6.07) is 0. The Morgan fingerprint density at radius 1 is 0.808 bits per heavy atom. The van der Waals surface area contributed by atoms with Gasteiger partial charge >= 0.3 is 154 Å². The summed E-state index contributed by atoms with van der Waals surface area (Å²) in [5.74, 6) is 0. The van der Waals surface area contributed by atoms with Crippen LogP contribution in [0.3, 0.4) is 0 Å². The zero-order valence-corrected chi connectivity index (χ0v) is 24.5. The van der Waals surface area contributed by atoms with Gasteiger partial charge in [-0.05, 0) is 0 Å². The molecule has 0 unspecified atom stereocenters. The molecule has 0 bridgehead atoms. The van der Waals surface area contributed by atoms with Gasteiger partial charge in [-0.2, -0.15) is 0 Å². The molecule has 150 valence electrons. The van der Waals surface area contributed by atoms with Crippen LogP contribution in [0.5, 0.6) is 0 Å². The Balaban J connectivity index is 0.00000312. The van der Waals surface area contributed by atoms with Crippen LogP contribution in [0, 0.1) is 0 Å². The van der Waals surface area contributed by atoms with E-state index in [-0.39, 0.29) is 24.8 Å². The summed E-state index contributed by atoms with van der Waals surface area (Å²) >= 11 is -3.10. The van der Waals surface area contributed by atoms with Gasteiger partial charge in [0.05, 0.1) is 0 Å². The molecular weight excluding hydrogens is 542 g/mol. The van der Waals surface area contributed by atoms with E-state index in [4.69, 9.17) is 0 Å². The first-order valence-electron chi connectivity index (χ1n) is 10.0. The van der Waals surface area contributed by atoms with Crippen molar-refractivity contribution in [3.05, 3.63) is 41.1 Å². The van der Waals surface area contributed by atoms with E-state index < -0.39 is 17.1 Å². The second kappa shape index (κ2) is 10.4. The molecule has 0 nitrogen and oxygen atoms in total. The second-order valence-corrected chi connectivity index (χ2v) is 50.2. The van der Waals surface area contributed by atoms with Crippen molar-refractivity contribution in [1.29, 1.82) is 0 Å². The predicted molar refractivity (Wildman–Crippen MR) is 125 cm³/mol. The van der Waals surface area contributed by atoms with Crippen molar-refractivity contribution in [1.82, 2.24) is 0 Å². The maximum atomic E-state index is 2.71. The average molecular weight is 582 g/mol. The first kappa shape index (κ1) is 26.6. The third-order valence-corrected chi connectivity index (χ3v) is 31.2. The van der Waals surface area contributed by atoms with Gasteiger partial charge in [-0.3, -0.25) is 0 Å². The molecule has 26 heavy (non-hydrogen) atoms. The number of hydrogen-bond donors (Lipinski definition) is 0. The molecule has 0 saturated heterocycles. The number of unbranched alkanes of at least 4 members (excludes halogenated alkanes) is 2. The fraction of sp³-hybridized carbons (Fsp3) is 0.636. The van der Waals surface area contributed by atoms with Gasteiger partial charge in [0.25, 0.3) is 0 Å². The van der Waals surface area contributed by atoms with E-state index in [0.29, 0.717) is 0 Å². The van der Waals surface area contributed by atoms with Crippen LogP contribution >= 0.6 is 24.8 Å². The van der Waals surface area contributed by atoms with E-state index in [0.717, 1.165) is 0 Å². The Kier molecular flexibility index (Phi) is 10.7. The summed E-state index contributed by atoms with van der Waals surface area (Å²) < 4.78 is 9.19. The Hall–Kier alpha value is 0.627. The summed E-state index contributed by atoms with van der Waals surface area (Å²) in [5, 5.41) is 0. The van der Waals surface area contributed by atoms with Crippen LogP contribution in [-0.4, -0.2) is 6.94 Å². The second-order valence-electron chi connectivity index (χ2n) is 9.17. The fourth-order valence-electron chi connectivity index (χ4n) is 4.76. The average Bonchev–Trinajstić information content (AvgIpc) is 3.06. The molecule has 0 fully saturated rings. The standard InChI is InChI=1S/2C10H15.2CH3.2ClH.Hf.H2Si/c2*1-3-4-5-10-7-6-9(2)8-10;;;;;;/h2*8H,3-5,7H2,1-2H3;2*1H3;2*1H;;1H2. The summed E-state index contributed by atoms with van der Waals surface area (Å²) in [6.07, 6.45) is 15.6. The molecule has 2 aliphatic rings. The molecule has 0 aromatic carbocycles. The summed E-state index contributed by atoms with van der Waals surface area (Å²) in [5.41, 5.74) is 6.66. The first-order chi connectivity index (χ1) is 11.2. The van der Waals surface area contributed by atoms with Crippen molar-refractivity contribution < 1.29 is 17.1 Å². The predicted octanol–water partition coefficient (Wildman–Crippen LogP) is 7.75. The minimum atomic E-state index is -3.10. The fourth-order valence-corrected chi connectivity index (χ4v) is 28.0. The molecule has 2 aliphatic carbocycles. The van der Waals surface area contributed by atoms with Crippen LogP contribution in [0.1, 0.15) is 79.1 Å². The molecule has 0 heterocycles. The Morgan fingerprint density at radius 3 is 1.46 bits per heavy atom. The van der Waals surface area contributed by atoms with E-state index in [1.54, 1.807) is 22.3 Å². The van der Waals surface area contributed by atoms with Crippen LogP contribution < -0.4 is 0 Å². The third-order valence-electron chi connectivity index (χ3n) is 6.24. The number of allylic oxidation sites excluding steroid dienone is 8. The zero-order chi connectivity index (χ0) is 18.0. The van der Waals surface area contributed by atoms with Gasteiger partial charge in [0.2, 0.25) is 0 Å². The molecule has 0 saturated carbocycles. The van der Waals surface area contributed by atoms with Crippen molar-refractivity contribution in [2.75, 3.05) is 0 Å². The van der Waals surface area contributed by atoms with Crippen molar-refractivity contribution >= 4 is 31.8 Å². The van der Waals surface area contributed by atoms with Gasteiger partial charge in [0.1, 0.15) is 0 Å². The quantitative estimate of drug-likeness (QED) is 0.257. The van der Waals surface area contributed by atoms with Gasteiger partial charge in [-0.15, -0.1) is 24.8 Å². The van der Waals surface area contributed by atoms with Crippen LogP contribution in [0.15, 0.2) is 41.1 Å². The van der Waals surface area contributed by atoms with E-state index in [1.165, 1.54) is 51.4 Å². The first-order valence-corrected chi connectivity index (χ1v) is 29.2. The van der Waals surface area contributed by atoms with Crippen molar-refractivity contribution in [2.24, 2.45) is 0 Å². The van der Waals surface area contributed by atoms with E-state index in [2.05, 4.69) is 56.1 Å². The SMILES string of the molecule is CCCCC1=CC(C)=[C]([Hf]([CH3])([CH3])(=[SiH2])[C]2=C(C)C=C(CCCC)C2)C1.Cl.Cl. The molecule has 0 aromatic rings. The smallest absolute Gasteiger partial charge is 0.147 e. The van der Waals surface area contributed by atoms with Gasteiger partial charge in [0.15, 0.2) is 0 Å². The molecular formula is C22H40Cl2HfSi. The van der Waals surface area contributed by atoms with Crippen LogP contribution in [-0.2, 0) is 17.1 Å². The molecule has 0 radical (unpaired) electrons. The number of halogens is 2. The van der Waals surface area contributed by atoms with E-state index in [1.807, 2.05) is 6.66 Å². The molecule has 0 spiro atoms. The zero-order valence-electron chi connectivity index (χ0n) is 17.8. The maximum absolute atomic E-state index is 3.10. The normalized spacial score (nSPS) is 17.8. The molecule has 0 N–H and O–H groups in total. The molecule has 0 aliphatic heterocycles. The van der Waals surface area contributed by atoms with Crippen LogP contribution in [0.2, 0.25) is 9.36 Å². The summed E-state index contributed by atoms with van der Waals surface area (Å²) in [6.45, 7) is 11.8. The Morgan fingerprint density at radius 2 is 1.15 bits per heavy atom. The van der Waals surface area contributed by atoms with Crippen molar-refractivity contribution in [2.45, 2.75) is 88.4 Å². The molecule has 2 rings (SSSR count). The van der Waals surface area contributed by atoms with E-state index >= 15 is 0 Å². The number of rotatable bonds is 8. The molecule has 4 heteroatoms. The van der Waals surface area contributed by atoms with Crippen molar-refractivity contribution in [3.8, 4) is 0 Å². The minimum absolute atomic E-state index is 0. The maximum Gasteiger partial charge on any atom is -0.147 e. The van der Waals surface area contributed by atoms with Gasteiger partial charge in [-0.25, -0.2) is 0 Å². The summed E-state index contributed by atoms with van der Waals surface area (Å²) in [7, 11) is 0. The van der Waals surface area contributed by atoms with E-state index in [9.17, 15) is 0 Å². The van der Waals surface area contributed by atoms with Crippen LogP contribution in [0.25, 0.3) is 0 Å². The summed E-state index contributed by atoms with van der Waals surface area (Å²) in [4.78, 5) is 0. The molecule has 0 atom stereocenters. The monoisotopic (exact) mass is 582 g/mol. The van der Waals surface area contributed by atoms with Gasteiger partial charge in [0, 0.05) is 0 Å². The molecule has 0 amide bonds. The topological polar surface area (TPSA) is 0 Å². The van der Waals surface area contributed by atoms with Crippen molar-refractivity contribution in [3.63, 3.8) is 0 Å². The third kappa shape index (κ3) is 5.81. The van der Waals surface area contributed by atoms with Gasteiger partial charge in [-0.1, -0.05) is 0 Å². The largest absolute Gasteiger partial charge is 0.147 e. The minimum Gasteiger partial charge on any atom is -0.147 e. The Labute approximate surface area is 177 Å². The van der Waals surface area contributed by atoms with Crippen LogP contribution in [0.4, 0.5) is 0 Å². The number of hydrogen-bond acceptors (Lipinski definition) is 0.